The van der Waals surface area contributed by atoms with Crippen molar-refractivity contribution in [1.82, 2.24) is 5.32 Å². The summed E-state index contributed by atoms with van der Waals surface area (Å²) in [7, 11) is -3.02. The predicted octanol–water partition coefficient (Wildman–Crippen LogP) is 1.73. The number of nitrogens with one attached hydrogen (secondary N) is 1. The zero-order chi connectivity index (χ0) is 14.3. The standard InChI is InChI=1S/C14H21NO3S/c1-3-12(13-7-5-4-6-8-13)11-14(16)15-9-10-19(2,17)18/h4-8,12H,3,9-11H2,1-2H3,(H,15,16). The van der Waals surface area contributed by atoms with Crippen molar-refractivity contribution in [2.45, 2.75) is 25.7 Å². The second kappa shape index (κ2) is 7.28. The molecule has 0 aliphatic rings. The molecule has 1 aromatic carbocycles. The maximum absolute atomic E-state index is 11.8. The Balaban J connectivity index is 2.46. The SMILES string of the molecule is CCC(CC(=O)NCCS(C)(=O)=O)c1ccccc1. The Morgan fingerprint density at radius 1 is 1.26 bits per heavy atom. The molecule has 19 heavy (non-hydrogen) atoms. The molecule has 0 aromatic heterocycles. The molecule has 4 nitrogen and oxygen atoms in total. The van der Waals surface area contributed by atoms with Crippen molar-refractivity contribution < 1.29 is 13.2 Å². The Morgan fingerprint density at radius 2 is 1.89 bits per heavy atom. The highest BCUT2D eigenvalue weighted by atomic mass is 32.2. The molecule has 0 fully saturated rings. The van der Waals surface area contributed by atoms with Gasteiger partial charge < -0.3 is 5.32 Å². The topological polar surface area (TPSA) is 63.2 Å². The fourth-order valence-corrected chi connectivity index (χ4v) is 2.37. The van der Waals surface area contributed by atoms with Crippen LogP contribution in [-0.2, 0) is 14.6 Å². The molecule has 5 heteroatoms. The first-order valence-electron chi connectivity index (χ1n) is 6.41. The number of sulfone groups is 1. The smallest absolute Gasteiger partial charge is 0.220 e. The summed E-state index contributed by atoms with van der Waals surface area (Å²) < 4.78 is 21.9. The van der Waals surface area contributed by atoms with Gasteiger partial charge >= 0.3 is 0 Å². The monoisotopic (exact) mass is 283 g/mol. The van der Waals surface area contributed by atoms with Gasteiger partial charge in [-0.3, -0.25) is 4.79 Å². The molecule has 106 valence electrons. The number of carbonyl (C=O) groups is 1. The Bertz CT molecular complexity index is 497. The molecule has 0 radical (unpaired) electrons. The van der Waals surface area contributed by atoms with E-state index < -0.39 is 9.84 Å². The molecule has 0 saturated heterocycles. The van der Waals surface area contributed by atoms with Gasteiger partial charge in [0, 0.05) is 19.2 Å². The molecule has 1 atom stereocenters. The maximum atomic E-state index is 11.8. The van der Waals surface area contributed by atoms with Crippen molar-refractivity contribution >= 4 is 15.7 Å². The van der Waals surface area contributed by atoms with Gasteiger partial charge in [0.2, 0.25) is 5.91 Å². The zero-order valence-corrected chi connectivity index (χ0v) is 12.2. The van der Waals surface area contributed by atoms with Crippen LogP contribution in [0.2, 0.25) is 0 Å². The summed E-state index contributed by atoms with van der Waals surface area (Å²) >= 11 is 0. The second-order valence-corrected chi connectivity index (χ2v) is 6.96. The molecular weight excluding hydrogens is 262 g/mol. The molecule has 0 heterocycles. The van der Waals surface area contributed by atoms with Crippen molar-refractivity contribution in [2.24, 2.45) is 0 Å². The van der Waals surface area contributed by atoms with E-state index >= 15 is 0 Å². The summed E-state index contributed by atoms with van der Waals surface area (Å²) in [5, 5.41) is 2.66. The zero-order valence-electron chi connectivity index (χ0n) is 11.4. The van der Waals surface area contributed by atoms with Crippen molar-refractivity contribution in [3.05, 3.63) is 35.9 Å². The summed E-state index contributed by atoms with van der Waals surface area (Å²) in [6.45, 7) is 2.23. The Labute approximate surface area is 115 Å². The van der Waals surface area contributed by atoms with E-state index in [9.17, 15) is 13.2 Å². The van der Waals surface area contributed by atoms with E-state index in [1.807, 2.05) is 37.3 Å². The Hall–Kier alpha value is -1.36. The van der Waals surface area contributed by atoms with Crippen LogP contribution in [0.1, 0.15) is 31.2 Å². The van der Waals surface area contributed by atoms with Crippen LogP contribution in [0.25, 0.3) is 0 Å². The van der Waals surface area contributed by atoms with Gasteiger partial charge in [-0.2, -0.15) is 0 Å². The third-order valence-electron chi connectivity index (χ3n) is 2.99. The first-order valence-corrected chi connectivity index (χ1v) is 8.47. The van der Waals surface area contributed by atoms with E-state index in [1.165, 1.54) is 0 Å². The molecule has 0 aliphatic carbocycles. The number of hydrogen-bond donors (Lipinski definition) is 1. The third-order valence-corrected chi connectivity index (χ3v) is 3.94. The van der Waals surface area contributed by atoms with Crippen LogP contribution in [0.4, 0.5) is 0 Å². The van der Waals surface area contributed by atoms with Gasteiger partial charge in [0.25, 0.3) is 0 Å². The van der Waals surface area contributed by atoms with Gasteiger partial charge in [0.15, 0.2) is 0 Å². The highest BCUT2D eigenvalue weighted by molar-refractivity contribution is 7.90. The summed E-state index contributed by atoms with van der Waals surface area (Å²) in [6, 6.07) is 9.89. The van der Waals surface area contributed by atoms with Gasteiger partial charge in [-0.1, -0.05) is 37.3 Å². The lowest BCUT2D eigenvalue weighted by Crippen LogP contribution is -2.29. The number of hydrogen-bond acceptors (Lipinski definition) is 3. The lowest BCUT2D eigenvalue weighted by molar-refractivity contribution is -0.121. The van der Waals surface area contributed by atoms with Crippen LogP contribution in [-0.4, -0.2) is 32.9 Å². The minimum Gasteiger partial charge on any atom is -0.355 e. The molecule has 1 rings (SSSR count). The molecule has 0 saturated carbocycles. The number of benzene rings is 1. The Kier molecular flexibility index (Phi) is 6.02. The van der Waals surface area contributed by atoms with Crippen LogP contribution in [0, 0.1) is 0 Å². The normalized spacial score (nSPS) is 12.9. The minimum atomic E-state index is -3.02. The Morgan fingerprint density at radius 3 is 2.42 bits per heavy atom. The van der Waals surface area contributed by atoms with Gasteiger partial charge in [-0.15, -0.1) is 0 Å². The lowest BCUT2D eigenvalue weighted by Gasteiger charge is -2.15. The quantitative estimate of drug-likeness (QED) is 0.829. The van der Waals surface area contributed by atoms with E-state index in [2.05, 4.69) is 5.32 Å². The summed E-state index contributed by atoms with van der Waals surface area (Å²) in [5.41, 5.74) is 1.14. The second-order valence-electron chi connectivity index (χ2n) is 4.70. The highest BCUT2D eigenvalue weighted by Gasteiger charge is 2.14. The maximum Gasteiger partial charge on any atom is 0.220 e. The fourth-order valence-electron chi connectivity index (χ4n) is 1.89. The van der Waals surface area contributed by atoms with Crippen molar-refractivity contribution in [1.29, 1.82) is 0 Å². The molecular formula is C14H21NO3S. The van der Waals surface area contributed by atoms with Gasteiger partial charge in [-0.25, -0.2) is 8.42 Å². The summed E-state index contributed by atoms with van der Waals surface area (Å²) in [5.74, 6) is 0.0692. The van der Waals surface area contributed by atoms with Crippen molar-refractivity contribution in [2.75, 3.05) is 18.6 Å². The lowest BCUT2D eigenvalue weighted by atomic mass is 9.93. The van der Waals surface area contributed by atoms with Crippen LogP contribution >= 0.6 is 0 Å². The third kappa shape index (κ3) is 6.38. The number of carbonyl (C=O) groups excluding carboxylic acids is 1. The van der Waals surface area contributed by atoms with Crippen LogP contribution in [0.3, 0.4) is 0 Å². The van der Waals surface area contributed by atoms with E-state index in [1.54, 1.807) is 0 Å². The average Bonchev–Trinajstić information content (AvgIpc) is 2.35. The molecule has 1 unspecified atom stereocenters. The molecule has 1 aromatic rings. The molecule has 0 spiro atoms. The van der Waals surface area contributed by atoms with Gasteiger partial charge in [0.05, 0.1) is 5.75 Å². The predicted molar refractivity (Wildman–Crippen MR) is 76.8 cm³/mol. The molecule has 0 aliphatic heterocycles. The van der Waals surface area contributed by atoms with Crippen LogP contribution in [0.15, 0.2) is 30.3 Å². The van der Waals surface area contributed by atoms with E-state index in [0.29, 0.717) is 6.42 Å². The minimum absolute atomic E-state index is 0.0130. The van der Waals surface area contributed by atoms with Crippen LogP contribution < -0.4 is 5.32 Å². The largest absolute Gasteiger partial charge is 0.355 e. The first-order chi connectivity index (χ1) is 8.92. The summed E-state index contributed by atoms with van der Waals surface area (Å²) in [4.78, 5) is 11.8. The number of amides is 1. The van der Waals surface area contributed by atoms with E-state index in [-0.39, 0.29) is 24.1 Å². The van der Waals surface area contributed by atoms with Crippen molar-refractivity contribution in [3.63, 3.8) is 0 Å². The summed E-state index contributed by atoms with van der Waals surface area (Å²) in [6.07, 6.45) is 2.44. The molecule has 1 amide bonds. The van der Waals surface area contributed by atoms with E-state index in [4.69, 9.17) is 0 Å². The number of rotatable bonds is 7. The fraction of sp³-hybridized carbons (Fsp3) is 0.500. The highest BCUT2D eigenvalue weighted by Crippen LogP contribution is 2.22. The van der Waals surface area contributed by atoms with Gasteiger partial charge in [-0.05, 0) is 17.9 Å². The van der Waals surface area contributed by atoms with Gasteiger partial charge in [0.1, 0.15) is 9.84 Å². The molecule has 0 bridgehead atoms. The van der Waals surface area contributed by atoms with E-state index in [0.717, 1.165) is 18.2 Å². The first kappa shape index (κ1) is 15.7. The molecule has 1 N–H and O–H groups in total. The van der Waals surface area contributed by atoms with Crippen molar-refractivity contribution in [3.8, 4) is 0 Å². The average molecular weight is 283 g/mol. The van der Waals surface area contributed by atoms with Crippen LogP contribution in [0.5, 0.6) is 0 Å².